The number of hydrogen-bond acceptors (Lipinski definition) is 4. The van der Waals surface area contributed by atoms with Crippen molar-refractivity contribution in [2.45, 2.75) is 66.1 Å². The molecule has 0 radical (unpaired) electrons. The molecule has 1 saturated heterocycles. The smallest absolute Gasteiger partial charge is 0.361 e. The molecule has 2 fully saturated rings. The summed E-state index contributed by atoms with van der Waals surface area (Å²) in [7, 11) is 0. The fraction of sp³-hybridized carbons (Fsp3) is 0.583. The lowest BCUT2D eigenvalue weighted by atomic mass is 10.0. The van der Waals surface area contributed by atoms with E-state index in [1.165, 1.54) is 0 Å². The zero-order valence-electron chi connectivity index (χ0n) is 19.7. The summed E-state index contributed by atoms with van der Waals surface area (Å²) in [5, 5.41) is 6.99. The summed E-state index contributed by atoms with van der Waals surface area (Å²) in [5.74, 6) is -0.961. The first-order chi connectivity index (χ1) is 15.3. The molecular weight excluding hydrogens is 419 g/mol. The van der Waals surface area contributed by atoms with E-state index in [4.69, 9.17) is 4.52 Å². The van der Waals surface area contributed by atoms with E-state index in [1.54, 1.807) is 0 Å². The van der Waals surface area contributed by atoms with Crippen molar-refractivity contribution in [2.24, 2.45) is 5.92 Å². The predicted octanol–water partition coefficient (Wildman–Crippen LogP) is 5.48. The topological polar surface area (TPSA) is 58.4 Å². The molecule has 1 N–H and O–H groups in total. The van der Waals surface area contributed by atoms with Gasteiger partial charge in [0.2, 0.25) is 0 Å². The molecule has 0 bridgehead atoms. The number of halogens is 3. The highest BCUT2D eigenvalue weighted by atomic mass is 19.4. The normalized spacial score (nSPS) is 19.7. The van der Waals surface area contributed by atoms with Crippen LogP contribution >= 0.6 is 0 Å². The van der Waals surface area contributed by atoms with Crippen LogP contribution < -0.4 is 5.32 Å². The third-order valence-corrected chi connectivity index (χ3v) is 5.64. The lowest BCUT2D eigenvalue weighted by molar-refractivity contribution is -0.187. The molecule has 1 aliphatic carbocycles. The van der Waals surface area contributed by atoms with Crippen LogP contribution in [0.1, 0.15) is 57.1 Å². The van der Waals surface area contributed by atoms with Crippen LogP contribution in [-0.2, 0) is 4.79 Å². The Balaban J connectivity index is 0.000000860. The summed E-state index contributed by atoms with van der Waals surface area (Å²) < 4.78 is 44.4. The number of carbonyl (C=O) groups is 1. The Kier molecular flexibility index (Phi) is 8.89. The number of benzene rings is 1. The van der Waals surface area contributed by atoms with Gasteiger partial charge in [0.1, 0.15) is 5.76 Å². The zero-order chi connectivity index (χ0) is 24.1. The molecule has 2 heterocycles. The van der Waals surface area contributed by atoms with Crippen molar-refractivity contribution in [3.63, 3.8) is 0 Å². The van der Waals surface area contributed by atoms with Crippen LogP contribution in [0.25, 0.3) is 11.1 Å². The lowest BCUT2D eigenvalue weighted by Crippen LogP contribution is -2.52. The maximum atomic E-state index is 13.1. The van der Waals surface area contributed by atoms with Gasteiger partial charge in [-0.2, -0.15) is 13.2 Å². The van der Waals surface area contributed by atoms with Gasteiger partial charge in [0, 0.05) is 43.1 Å². The zero-order valence-corrected chi connectivity index (χ0v) is 19.7. The van der Waals surface area contributed by atoms with Crippen LogP contribution in [0.15, 0.2) is 28.8 Å². The van der Waals surface area contributed by atoms with Gasteiger partial charge in [0.05, 0.1) is 5.69 Å². The van der Waals surface area contributed by atoms with Crippen molar-refractivity contribution >= 4 is 5.91 Å². The molecule has 8 heteroatoms. The molecule has 32 heavy (non-hydrogen) atoms. The van der Waals surface area contributed by atoms with Gasteiger partial charge in [-0.25, -0.2) is 0 Å². The van der Waals surface area contributed by atoms with Gasteiger partial charge in [-0.3, -0.25) is 4.79 Å². The van der Waals surface area contributed by atoms with Crippen LogP contribution in [0.3, 0.4) is 0 Å². The van der Waals surface area contributed by atoms with E-state index in [9.17, 15) is 18.0 Å². The Bertz CT molecular complexity index is 854. The highest BCUT2D eigenvalue weighted by Crippen LogP contribution is 2.46. The van der Waals surface area contributed by atoms with E-state index in [2.05, 4.69) is 10.5 Å². The van der Waals surface area contributed by atoms with E-state index in [0.717, 1.165) is 33.0 Å². The van der Waals surface area contributed by atoms with E-state index < -0.39 is 12.1 Å². The molecule has 1 aromatic heterocycles. The molecule has 2 unspecified atom stereocenters. The number of aryl methyl sites for hydroxylation is 2. The van der Waals surface area contributed by atoms with Crippen LogP contribution in [0.4, 0.5) is 13.2 Å². The largest absolute Gasteiger partial charge is 0.471 e. The molecular formula is C24H34F3N3O2. The maximum Gasteiger partial charge on any atom is 0.471 e. The van der Waals surface area contributed by atoms with Gasteiger partial charge in [-0.05, 0) is 31.4 Å². The summed E-state index contributed by atoms with van der Waals surface area (Å²) in [6, 6.07) is 7.33. The molecule has 5 nitrogen and oxygen atoms in total. The first kappa shape index (κ1) is 25.9. The Labute approximate surface area is 188 Å². The molecule has 2 aliphatic rings. The Morgan fingerprint density at radius 1 is 1.12 bits per heavy atom. The number of nitrogens with zero attached hydrogens (tertiary/aromatic N) is 2. The molecule has 1 amide bonds. The number of aromatic nitrogens is 1. The molecule has 178 valence electrons. The number of hydrogen-bond donors (Lipinski definition) is 1. The molecule has 0 spiro atoms. The summed E-state index contributed by atoms with van der Waals surface area (Å²) >= 11 is 0. The summed E-state index contributed by atoms with van der Waals surface area (Å²) in [5.41, 5.74) is 3.64. The second-order valence-corrected chi connectivity index (χ2v) is 7.71. The number of rotatable bonds is 5. The SMILES string of the molecule is CC.CC.Cc1noc(C)c1-c1ccc(C2CC2N(CC2CNC2)C(=O)C(F)(F)F)cc1. The molecule has 2 aromatic rings. The van der Waals surface area contributed by atoms with Gasteiger partial charge in [0.25, 0.3) is 0 Å². The summed E-state index contributed by atoms with van der Waals surface area (Å²) in [6.45, 7) is 13.2. The average Bonchev–Trinajstić information content (AvgIpc) is 3.47. The first-order valence-corrected chi connectivity index (χ1v) is 11.4. The van der Waals surface area contributed by atoms with Gasteiger partial charge < -0.3 is 14.7 Å². The Hall–Kier alpha value is -2.35. The number of alkyl halides is 3. The summed E-state index contributed by atoms with van der Waals surface area (Å²) in [6.07, 6.45) is -4.27. The van der Waals surface area contributed by atoms with E-state index in [-0.39, 0.29) is 24.4 Å². The Morgan fingerprint density at radius 3 is 2.16 bits per heavy atom. The average molecular weight is 454 g/mol. The predicted molar refractivity (Wildman–Crippen MR) is 119 cm³/mol. The fourth-order valence-corrected chi connectivity index (χ4v) is 3.96. The van der Waals surface area contributed by atoms with Crippen molar-refractivity contribution in [3.8, 4) is 11.1 Å². The van der Waals surface area contributed by atoms with Crippen molar-refractivity contribution in [2.75, 3.05) is 19.6 Å². The van der Waals surface area contributed by atoms with Crippen molar-refractivity contribution in [3.05, 3.63) is 41.3 Å². The van der Waals surface area contributed by atoms with Crippen LogP contribution in [0.2, 0.25) is 0 Å². The monoisotopic (exact) mass is 453 g/mol. The molecule has 2 atom stereocenters. The van der Waals surface area contributed by atoms with Crippen LogP contribution in [-0.4, -0.2) is 47.8 Å². The van der Waals surface area contributed by atoms with Crippen LogP contribution in [0.5, 0.6) is 0 Å². The molecule has 1 saturated carbocycles. The van der Waals surface area contributed by atoms with E-state index in [1.807, 2.05) is 65.8 Å². The minimum Gasteiger partial charge on any atom is -0.361 e. The van der Waals surface area contributed by atoms with Crippen molar-refractivity contribution in [1.29, 1.82) is 0 Å². The third-order valence-electron chi connectivity index (χ3n) is 5.64. The van der Waals surface area contributed by atoms with Crippen molar-refractivity contribution in [1.82, 2.24) is 15.4 Å². The van der Waals surface area contributed by atoms with Crippen LogP contribution in [0, 0.1) is 19.8 Å². The molecule has 1 aromatic carbocycles. The molecule has 1 aliphatic heterocycles. The van der Waals surface area contributed by atoms with Gasteiger partial charge in [-0.1, -0.05) is 57.1 Å². The van der Waals surface area contributed by atoms with Gasteiger partial charge in [-0.15, -0.1) is 0 Å². The van der Waals surface area contributed by atoms with E-state index >= 15 is 0 Å². The standard InChI is InChI=1S/C20H22F3N3O2.2C2H6/c1-11-18(12(2)28-25-11)15-5-3-14(4-6-15)16-7-17(16)26(10-13-8-24-9-13)19(27)20(21,22)23;2*1-2/h3-6,13,16-17,24H,7-10H2,1-2H3;2*1-2H3. The number of amides is 1. The minimum atomic E-state index is -4.84. The highest BCUT2D eigenvalue weighted by Gasteiger charge is 2.52. The third kappa shape index (κ3) is 5.71. The number of nitrogens with one attached hydrogen (secondary N) is 1. The second kappa shape index (κ2) is 11.0. The second-order valence-electron chi connectivity index (χ2n) is 7.71. The van der Waals surface area contributed by atoms with Gasteiger partial charge in [0.15, 0.2) is 0 Å². The maximum absolute atomic E-state index is 13.1. The minimum absolute atomic E-state index is 0.0574. The highest BCUT2D eigenvalue weighted by molar-refractivity contribution is 5.82. The summed E-state index contributed by atoms with van der Waals surface area (Å²) in [4.78, 5) is 13.0. The van der Waals surface area contributed by atoms with Crippen molar-refractivity contribution < 1.29 is 22.5 Å². The van der Waals surface area contributed by atoms with E-state index in [0.29, 0.717) is 19.5 Å². The van der Waals surface area contributed by atoms with Gasteiger partial charge >= 0.3 is 12.1 Å². The lowest BCUT2D eigenvalue weighted by Gasteiger charge is -2.34. The quantitative estimate of drug-likeness (QED) is 0.652. The first-order valence-electron chi connectivity index (χ1n) is 11.4. The number of carbonyl (C=O) groups excluding carboxylic acids is 1. The molecule has 4 rings (SSSR count). The fourth-order valence-electron chi connectivity index (χ4n) is 3.96. The Morgan fingerprint density at radius 2 is 1.72 bits per heavy atom.